The highest BCUT2D eigenvalue weighted by Crippen LogP contribution is 2.13. The van der Waals surface area contributed by atoms with Crippen LogP contribution in [0.25, 0.3) is 0 Å². The van der Waals surface area contributed by atoms with E-state index in [0.29, 0.717) is 17.1 Å². The summed E-state index contributed by atoms with van der Waals surface area (Å²) in [4.78, 5) is 20.7. The van der Waals surface area contributed by atoms with Gasteiger partial charge in [0.15, 0.2) is 0 Å². The number of anilines is 1. The van der Waals surface area contributed by atoms with Gasteiger partial charge in [-0.05, 0) is 61.0 Å². The molecule has 1 N–H and O–H groups in total. The Hall–Kier alpha value is -3.34. The molecular weight excluding hydrogens is 317 g/mol. The van der Waals surface area contributed by atoms with Gasteiger partial charge in [0.1, 0.15) is 11.6 Å². The van der Waals surface area contributed by atoms with E-state index in [9.17, 15) is 9.18 Å². The first-order valence-corrected chi connectivity index (χ1v) is 7.75. The molecule has 0 spiro atoms. The van der Waals surface area contributed by atoms with Gasteiger partial charge in [-0.3, -0.25) is 9.79 Å². The number of aliphatic imine (C=N–C) groups is 1. The van der Waals surface area contributed by atoms with Crippen molar-refractivity contribution in [1.82, 2.24) is 4.98 Å². The zero-order valence-electron chi connectivity index (χ0n) is 13.6. The average Bonchev–Trinajstić information content (AvgIpc) is 2.62. The largest absolute Gasteiger partial charge is 0.307 e. The molecule has 0 aliphatic heterocycles. The monoisotopic (exact) mass is 333 g/mol. The minimum Gasteiger partial charge on any atom is -0.307 e. The van der Waals surface area contributed by atoms with Gasteiger partial charge in [-0.25, -0.2) is 9.37 Å². The molecule has 4 nitrogen and oxygen atoms in total. The maximum Gasteiger partial charge on any atom is 0.256 e. The molecule has 1 heterocycles. The van der Waals surface area contributed by atoms with Crippen molar-refractivity contribution in [2.24, 2.45) is 4.99 Å². The number of rotatable bonds is 4. The van der Waals surface area contributed by atoms with Gasteiger partial charge in [-0.15, -0.1) is 0 Å². The summed E-state index contributed by atoms with van der Waals surface area (Å²) in [6.45, 7) is 1.87. The predicted octanol–water partition coefficient (Wildman–Crippen LogP) is 4.53. The maximum absolute atomic E-state index is 12.9. The van der Waals surface area contributed by atoms with Crippen LogP contribution in [0.15, 0.2) is 71.7 Å². The molecule has 0 saturated heterocycles. The van der Waals surface area contributed by atoms with Crippen LogP contribution in [-0.2, 0) is 0 Å². The number of pyridine rings is 1. The molecule has 25 heavy (non-hydrogen) atoms. The fourth-order valence-electron chi connectivity index (χ4n) is 2.20. The minimum absolute atomic E-state index is 0.222. The Kier molecular flexibility index (Phi) is 4.95. The summed E-state index contributed by atoms with van der Waals surface area (Å²) in [6, 6.07) is 18.4. The number of aromatic nitrogens is 1. The second-order valence-electron chi connectivity index (χ2n) is 5.47. The summed E-state index contributed by atoms with van der Waals surface area (Å²) in [5.74, 6) is 0.00415. The molecule has 0 aliphatic rings. The van der Waals surface area contributed by atoms with Crippen LogP contribution >= 0.6 is 0 Å². The summed E-state index contributed by atoms with van der Waals surface area (Å²) < 4.78 is 12.9. The summed E-state index contributed by atoms with van der Waals surface area (Å²) in [7, 11) is 0. The number of nitrogens with zero attached hydrogens (tertiary/aromatic N) is 2. The van der Waals surface area contributed by atoms with E-state index in [1.54, 1.807) is 48.7 Å². The van der Waals surface area contributed by atoms with Crippen LogP contribution in [-0.4, -0.2) is 17.1 Å². The van der Waals surface area contributed by atoms with Gasteiger partial charge in [0.2, 0.25) is 0 Å². The molecule has 0 aliphatic carbocycles. The number of nitrogens with one attached hydrogen (secondary N) is 1. The van der Waals surface area contributed by atoms with Crippen molar-refractivity contribution in [3.05, 3.63) is 89.4 Å². The van der Waals surface area contributed by atoms with Gasteiger partial charge in [0, 0.05) is 17.5 Å². The number of carbonyl (C=O) groups is 1. The first-order chi connectivity index (χ1) is 12.1. The summed E-state index contributed by atoms with van der Waals surface area (Å²) >= 11 is 0. The molecule has 0 atom stereocenters. The summed E-state index contributed by atoms with van der Waals surface area (Å²) in [5.41, 5.74) is 2.87. The molecule has 5 heteroatoms. The van der Waals surface area contributed by atoms with Crippen molar-refractivity contribution in [1.29, 1.82) is 0 Å². The number of carbonyl (C=O) groups excluding carboxylic acids is 1. The quantitative estimate of drug-likeness (QED) is 0.713. The molecule has 2 aromatic carbocycles. The van der Waals surface area contributed by atoms with Crippen molar-refractivity contribution >= 4 is 23.6 Å². The Morgan fingerprint density at radius 3 is 2.44 bits per heavy atom. The van der Waals surface area contributed by atoms with Crippen molar-refractivity contribution < 1.29 is 9.18 Å². The molecule has 0 unspecified atom stereocenters. The number of halogens is 1. The number of hydrogen-bond acceptors (Lipinski definition) is 3. The first kappa shape index (κ1) is 16.5. The van der Waals surface area contributed by atoms with Crippen LogP contribution in [0.1, 0.15) is 21.6 Å². The topological polar surface area (TPSA) is 54.4 Å². The lowest BCUT2D eigenvalue weighted by molar-refractivity contribution is 0.102. The Balaban J connectivity index is 1.67. The summed E-state index contributed by atoms with van der Waals surface area (Å²) in [6.07, 6.45) is 1.66. The lowest BCUT2D eigenvalue weighted by atomic mass is 10.1. The van der Waals surface area contributed by atoms with E-state index in [-0.39, 0.29) is 11.7 Å². The zero-order valence-corrected chi connectivity index (χ0v) is 13.6. The van der Waals surface area contributed by atoms with Crippen molar-refractivity contribution in [2.45, 2.75) is 6.92 Å². The molecule has 0 saturated carbocycles. The Bertz CT molecular complexity index is 903. The Morgan fingerprint density at radius 2 is 1.76 bits per heavy atom. The molecule has 3 aromatic rings. The number of amides is 1. The lowest BCUT2D eigenvalue weighted by Crippen LogP contribution is -2.13. The third kappa shape index (κ3) is 4.57. The van der Waals surface area contributed by atoms with Gasteiger partial charge in [0.25, 0.3) is 5.91 Å². The van der Waals surface area contributed by atoms with E-state index in [1.165, 1.54) is 12.1 Å². The fraction of sp³-hybridized carbons (Fsp3) is 0.0500. The molecule has 3 rings (SSSR count). The molecule has 0 fully saturated rings. The van der Waals surface area contributed by atoms with Crippen molar-refractivity contribution in [2.75, 3.05) is 5.32 Å². The molecule has 124 valence electrons. The van der Waals surface area contributed by atoms with E-state index >= 15 is 0 Å². The van der Waals surface area contributed by atoms with Gasteiger partial charge < -0.3 is 5.32 Å². The highest BCUT2D eigenvalue weighted by atomic mass is 19.1. The molecular formula is C20H16FN3O. The third-order valence-corrected chi connectivity index (χ3v) is 3.49. The number of benzene rings is 2. The normalized spacial score (nSPS) is 10.8. The van der Waals surface area contributed by atoms with E-state index in [0.717, 1.165) is 11.3 Å². The molecule has 0 radical (unpaired) electrons. The van der Waals surface area contributed by atoms with Gasteiger partial charge in [-0.2, -0.15) is 0 Å². The molecule has 1 aromatic heterocycles. The first-order valence-electron chi connectivity index (χ1n) is 7.75. The van der Waals surface area contributed by atoms with Gasteiger partial charge in [0.05, 0.1) is 5.69 Å². The number of aryl methyl sites for hydroxylation is 1. The van der Waals surface area contributed by atoms with Crippen molar-refractivity contribution in [3.8, 4) is 0 Å². The maximum atomic E-state index is 12.9. The van der Waals surface area contributed by atoms with Crippen LogP contribution in [0, 0.1) is 12.7 Å². The third-order valence-electron chi connectivity index (χ3n) is 3.49. The lowest BCUT2D eigenvalue weighted by Gasteiger charge is -2.05. The summed E-state index contributed by atoms with van der Waals surface area (Å²) in [5, 5.41) is 2.76. The predicted molar refractivity (Wildman–Crippen MR) is 97.0 cm³/mol. The molecule has 0 bridgehead atoms. The average molecular weight is 333 g/mol. The smallest absolute Gasteiger partial charge is 0.256 e. The SMILES string of the molecule is Cc1cccc(NC(=O)c2ccc(C=Nc3ccc(F)cc3)cc2)n1. The van der Waals surface area contributed by atoms with Crippen LogP contribution in [0.4, 0.5) is 15.9 Å². The standard InChI is InChI=1S/C20H16FN3O/c1-14-3-2-4-19(23-14)24-20(25)16-7-5-15(6-8-16)13-22-18-11-9-17(21)10-12-18/h2-13H,1H3,(H,23,24,25). The van der Waals surface area contributed by atoms with Gasteiger partial charge >= 0.3 is 0 Å². The van der Waals surface area contributed by atoms with E-state index in [4.69, 9.17) is 0 Å². The Morgan fingerprint density at radius 1 is 1.04 bits per heavy atom. The zero-order chi connectivity index (χ0) is 17.6. The highest BCUT2D eigenvalue weighted by molar-refractivity contribution is 6.04. The van der Waals surface area contributed by atoms with E-state index < -0.39 is 0 Å². The highest BCUT2D eigenvalue weighted by Gasteiger charge is 2.06. The van der Waals surface area contributed by atoms with Crippen LogP contribution in [0.3, 0.4) is 0 Å². The minimum atomic E-state index is -0.294. The Labute approximate surface area is 145 Å². The van der Waals surface area contributed by atoms with Crippen molar-refractivity contribution in [3.63, 3.8) is 0 Å². The molecule has 1 amide bonds. The van der Waals surface area contributed by atoms with Crippen LogP contribution in [0.5, 0.6) is 0 Å². The van der Waals surface area contributed by atoms with E-state index in [1.807, 2.05) is 19.1 Å². The van der Waals surface area contributed by atoms with Crippen LogP contribution < -0.4 is 5.32 Å². The second-order valence-corrected chi connectivity index (χ2v) is 5.47. The second kappa shape index (κ2) is 7.49. The van der Waals surface area contributed by atoms with Gasteiger partial charge in [-0.1, -0.05) is 18.2 Å². The van der Waals surface area contributed by atoms with E-state index in [2.05, 4.69) is 15.3 Å². The number of hydrogen-bond donors (Lipinski definition) is 1. The van der Waals surface area contributed by atoms with Crippen LogP contribution in [0.2, 0.25) is 0 Å². The fourth-order valence-corrected chi connectivity index (χ4v) is 2.20.